The van der Waals surface area contributed by atoms with Gasteiger partial charge in [-0.2, -0.15) is 31.4 Å². The lowest BCUT2D eigenvalue weighted by molar-refractivity contribution is -0.384. The van der Waals surface area contributed by atoms with Crippen molar-refractivity contribution in [1.29, 1.82) is 0 Å². The average Bonchev–Trinajstić information content (AvgIpc) is 2.43. The molecule has 0 aromatic heterocycles. The van der Waals surface area contributed by atoms with Gasteiger partial charge >= 0.3 is 12.4 Å². The molecule has 0 spiro atoms. The van der Waals surface area contributed by atoms with Crippen LogP contribution in [0.4, 0.5) is 32.0 Å². The van der Waals surface area contributed by atoms with Crippen LogP contribution >= 0.6 is 0 Å². The summed E-state index contributed by atoms with van der Waals surface area (Å²) >= 11 is 0. The van der Waals surface area contributed by atoms with Crippen LogP contribution in [0, 0.1) is 10.1 Å². The summed E-state index contributed by atoms with van der Waals surface area (Å²) in [5.74, 6) is 0. The van der Waals surface area contributed by atoms with Gasteiger partial charge in [-0.05, 0) is 17.7 Å². The van der Waals surface area contributed by atoms with Crippen molar-refractivity contribution in [2.75, 3.05) is 14.1 Å². The van der Waals surface area contributed by atoms with Gasteiger partial charge in [0, 0.05) is 32.6 Å². The topological polar surface area (TPSA) is 79.0 Å². The summed E-state index contributed by atoms with van der Waals surface area (Å²) in [5, 5.41) is 24.4. The second-order valence-corrected chi connectivity index (χ2v) is 5.23. The maximum absolute atomic E-state index is 12.9. The van der Waals surface area contributed by atoms with E-state index in [1.54, 1.807) is 0 Å². The summed E-state index contributed by atoms with van der Waals surface area (Å²) in [6.45, 7) is 0. The second kappa shape index (κ2) is 6.86. The molecular formula is C13H13F6N3O3. The molecule has 0 fully saturated rings. The van der Waals surface area contributed by atoms with Gasteiger partial charge in [-0.1, -0.05) is 0 Å². The van der Waals surface area contributed by atoms with Gasteiger partial charge in [0.25, 0.3) is 11.3 Å². The summed E-state index contributed by atoms with van der Waals surface area (Å²) < 4.78 is 77.1. The number of hydrazone groups is 1. The third-order valence-electron chi connectivity index (χ3n) is 3.09. The summed E-state index contributed by atoms with van der Waals surface area (Å²) in [7, 11) is 2.51. The molecule has 6 nitrogen and oxygen atoms in total. The highest BCUT2D eigenvalue weighted by Gasteiger charge is 2.70. The molecule has 12 heteroatoms. The third kappa shape index (κ3) is 4.59. The summed E-state index contributed by atoms with van der Waals surface area (Å²) in [5.41, 5.74) is -6.39. The van der Waals surface area contributed by atoms with Crippen molar-refractivity contribution in [3.05, 3.63) is 39.9 Å². The third-order valence-corrected chi connectivity index (χ3v) is 3.09. The fraction of sp³-hybridized carbons (Fsp3) is 0.462. The zero-order valence-corrected chi connectivity index (χ0v) is 12.9. The summed E-state index contributed by atoms with van der Waals surface area (Å²) in [6.07, 6.45) is -13.9. The van der Waals surface area contributed by atoms with Gasteiger partial charge in [0.05, 0.1) is 10.6 Å². The van der Waals surface area contributed by atoms with Crippen LogP contribution in [0.25, 0.3) is 0 Å². The monoisotopic (exact) mass is 373 g/mol. The highest BCUT2D eigenvalue weighted by molar-refractivity contribution is 6.01. The number of benzene rings is 1. The van der Waals surface area contributed by atoms with E-state index in [0.29, 0.717) is 0 Å². The first-order chi connectivity index (χ1) is 11.2. The van der Waals surface area contributed by atoms with E-state index in [1.807, 2.05) is 0 Å². The fourth-order valence-corrected chi connectivity index (χ4v) is 1.82. The molecule has 0 saturated carbocycles. The molecule has 0 aliphatic carbocycles. The summed E-state index contributed by atoms with van der Waals surface area (Å²) in [6, 6.07) is 3.71. The maximum atomic E-state index is 12.9. The number of nitrogens with zero attached hydrogens (tertiary/aromatic N) is 3. The van der Waals surface area contributed by atoms with Crippen LogP contribution in [-0.4, -0.2) is 52.8 Å². The molecule has 0 unspecified atom stereocenters. The van der Waals surface area contributed by atoms with Crippen LogP contribution in [0.15, 0.2) is 29.4 Å². The zero-order valence-electron chi connectivity index (χ0n) is 12.9. The Morgan fingerprint density at radius 1 is 1.12 bits per heavy atom. The first kappa shape index (κ1) is 20.7. The van der Waals surface area contributed by atoms with Crippen molar-refractivity contribution in [2.24, 2.45) is 5.10 Å². The minimum atomic E-state index is -6.00. The van der Waals surface area contributed by atoms with Crippen molar-refractivity contribution in [3.8, 4) is 0 Å². The number of nitro groups is 1. The van der Waals surface area contributed by atoms with E-state index in [4.69, 9.17) is 0 Å². The van der Waals surface area contributed by atoms with Crippen LogP contribution in [0.3, 0.4) is 0 Å². The lowest BCUT2D eigenvalue weighted by Crippen LogP contribution is -2.58. The first-order valence-electron chi connectivity index (χ1n) is 6.54. The number of nitro benzene ring substituents is 1. The molecule has 1 rings (SSSR count). The van der Waals surface area contributed by atoms with Crippen molar-refractivity contribution in [2.45, 2.75) is 24.4 Å². The molecule has 1 aromatic carbocycles. The number of hydrogen-bond donors (Lipinski definition) is 1. The number of hydrogen-bond acceptors (Lipinski definition) is 5. The quantitative estimate of drug-likeness (QED) is 0.372. The molecule has 0 saturated heterocycles. The minimum Gasteiger partial charge on any atom is -0.373 e. The molecule has 0 atom stereocenters. The van der Waals surface area contributed by atoms with E-state index in [-0.39, 0.29) is 5.56 Å². The molecular weight excluding hydrogens is 360 g/mol. The van der Waals surface area contributed by atoms with E-state index >= 15 is 0 Å². The minimum absolute atomic E-state index is 0.230. The number of alkyl halides is 6. The normalized spacial score (nSPS) is 13.7. The molecule has 0 bridgehead atoms. The second-order valence-electron chi connectivity index (χ2n) is 5.23. The van der Waals surface area contributed by atoms with Crippen molar-refractivity contribution in [1.82, 2.24) is 5.01 Å². The predicted octanol–water partition coefficient (Wildman–Crippen LogP) is 3.11. The molecule has 0 aliphatic heterocycles. The van der Waals surface area contributed by atoms with Crippen LogP contribution in [-0.2, 0) is 0 Å². The lowest BCUT2D eigenvalue weighted by Gasteiger charge is -2.32. The van der Waals surface area contributed by atoms with Gasteiger partial charge in [0.1, 0.15) is 0 Å². The summed E-state index contributed by atoms with van der Waals surface area (Å²) in [4.78, 5) is 9.80. The van der Waals surface area contributed by atoms with E-state index in [9.17, 15) is 41.6 Å². The molecule has 1 aromatic rings. The number of aliphatic hydroxyl groups is 1. The average molecular weight is 373 g/mol. The van der Waals surface area contributed by atoms with Crippen LogP contribution < -0.4 is 0 Å². The highest BCUT2D eigenvalue weighted by Crippen LogP contribution is 2.45. The molecule has 0 aliphatic rings. The van der Waals surface area contributed by atoms with E-state index in [0.717, 1.165) is 29.3 Å². The van der Waals surface area contributed by atoms with Crippen molar-refractivity contribution < 1.29 is 36.4 Å². The maximum Gasteiger partial charge on any atom is 0.426 e. The highest BCUT2D eigenvalue weighted by atomic mass is 19.4. The predicted molar refractivity (Wildman–Crippen MR) is 75.0 cm³/mol. The number of halogens is 6. The zero-order chi connectivity index (χ0) is 19.6. The van der Waals surface area contributed by atoms with Gasteiger partial charge in [0.15, 0.2) is 0 Å². The Morgan fingerprint density at radius 2 is 1.56 bits per heavy atom. The Balaban J connectivity index is 3.39. The van der Waals surface area contributed by atoms with Gasteiger partial charge in [-0.25, -0.2) is 0 Å². The van der Waals surface area contributed by atoms with Crippen molar-refractivity contribution >= 4 is 11.4 Å². The molecule has 0 radical (unpaired) electrons. The van der Waals surface area contributed by atoms with Gasteiger partial charge < -0.3 is 10.1 Å². The standard InChI is InChI=1S/C13H13F6N3O3/c1-21(2)20-10(8-3-5-9(6-4-8)22(24)25)7-11(23,12(14,15)16)13(17,18)19/h3-6,23H,7H2,1-2H3/b20-10+. The first-order valence-corrected chi connectivity index (χ1v) is 6.54. The Bertz CT molecular complexity index is 638. The van der Waals surface area contributed by atoms with E-state index in [1.165, 1.54) is 14.1 Å². The van der Waals surface area contributed by atoms with Crippen LogP contribution in [0.1, 0.15) is 12.0 Å². The number of rotatable bonds is 5. The fourth-order valence-electron chi connectivity index (χ4n) is 1.82. The lowest BCUT2D eigenvalue weighted by atomic mass is 9.91. The largest absolute Gasteiger partial charge is 0.426 e. The van der Waals surface area contributed by atoms with Gasteiger partial charge in [-0.15, -0.1) is 0 Å². The Morgan fingerprint density at radius 3 is 1.88 bits per heavy atom. The molecule has 0 amide bonds. The van der Waals surface area contributed by atoms with Crippen LogP contribution in [0.2, 0.25) is 0 Å². The Kier molecular flexibility index (Phi) is 5.67. The van der Waals surface area contributed by atoms with E-state index < -0.39 is 40.7 Å². The Labute approximate surface area is 137 Å². The van der Waals surface area contributed by atoms with Crippen LogP contribution in [0.5, 0.6) is 0 Å². The van der Waals surface area contributed by atoms with E-state index in [2.05, 4.69) is 5.10 Å². The van der Waals surface area contributed by atoms with Gasteiger partial charge in [0.2, 0.25) is 0 Å². The molecule has 140 valence electrons. The molecule has 1 N–H and O–H groups in total. The molecule has 0 heterocycles. The number of non-ortho nitro benzene ring substituents is 1. The van der Waals surface area contributed by atoms with Crippen molar-refractivity contribution in [3.63, 3.8) is 0 Å². The smallest absolute Gasteiger partial charge is 0.373 e. The Hall–Kier alpha value is -2.37. The van der Waals surface area contributed by atoms with Gasteiger partial charge in [-0.3, -0.25) is 10.1 Å². The SMILES string of the molecule is CN(C)/N=C(\CC(O)(C(F)(F)F)C(F)(F)F)c1ccc([N+](=O)[O-])cc1. The molecule has 25 heavy (non-hydrogen) atoms.